The number of fused-ring (bicyclic) bond motifs is 1. The number of carbonyl (C=O) groups excluding carboxylic acids is 2. The van der Waals surface area contributed by atoms with Gasteiger partial charge in [-0.15, -0.1) is 0 Å². The zero-order valence-corrected chi connectivity index (χ0v) is 17.6. The number of likely N-dealkylation sites (tertiary alicyclic amines) is 1. The van der Waals surface area contributed by atoms with Gasteiger partial charge in [0.05, 0.1) is 11.3 Å². The smallest absolute Gasteiger partial charge is 0.257 e. The van der Waals surface area contributed by atoms with Gasteiger partial charge in [0.15, 0.2) is 0 Å². The van der Waals surface area contributed by atoms with Crippen molar-refractivity contribution in [3.05, 3.63) is 46.9 Å². The first kappa shape index (κ1) is 20.1. The van der Waals surface area contributed by atoms with Crippen molar-refractivity contribution in [3.63, 3.8) is 0 Å². The molecular weight excluding hydrogens is 380 g/mol. The molecule has 2 atom stereocenters. The van der Waals surface area contributed by atoms with E-state index in [2.05, 4.69) is 15.4 Å². The van der Waals surface area contributed by atoms with Gasteiger partial charge in [-0.2, -0.15) is 5.10 Å². The van der Waals surface area contributed by atoms with Crippen molar-refractivity contribution in [1.29, 1.82) is 0 Å². The van der Waals surface area contributed by atoms with E-state index in [0.29, 0.717) is 30.1 Å². The number of nitrogens with one attached hydrogen (secondary N) is 1. The Morgan fingerprint density at radius 1 is 1.27 bits per heavy atom. The number of aryl methyl sites for hydroxylation is 2. The van der Waals surface area contributed by atoms with Crippen molar-refractivity contribution in [2.24, 2.45) is 24.8 Å². The Kier molecular flexibility index (Phi) is 5.32. The van der Waals surface area contributed by atoms with Gasteiger partial charge in [0.1, 0.15) is 5.82 Å². The minimum Gasteiger partial charge on any atom is -0.384 e. The minimum absolute atomic E-state index is 0.0969. The molecule has 0 bridgehead atoms. The van der Waals surface area contributed by atoms with Crippen LogP contribution in [0, 0.1) is 31.6 Å². The lowest BCUT2D eigenvalue weighted by molar-refractivity contribution is -0.116. The van der Waals surface area contributed by atoms with Crippen LogP contribution in [-0.2, 0) is 11.8 Å². The summed E-state index contributed by atoms with van der Waals surface area (Å²) in [7, 11) is 1.87. The first-order valence-electron chi connectivity index (χ1n) is 10.3. The number of carbonyl (C=O) groups is 2. The van der Waals surface area contributed by atoms with Gasteiger partial charge in [-0.25, -0.2) is 4.98 Å². The van der Waals surface area contributed by atoms with E-state index in [0.717, 1.165) is 42.0 Å². The third-order valence-electron chi connectivity index (χ3n) is 6.39. The van der Waals surface area contributed by atoms with Crippen LogP contribution in [0.4, 0.5) is 5.82 Å². The Balaban J connectivity index is 1.20. The van der Waals surface area contributed by atoms with Gasteiger partial charge in [-0.1, -0.05) is 0 Å². The van der Waals surface area contributed by atoms with Crippen LogP contribution in [0.2, 0.25) is 0 Å². The Hall–Kier alpha value is -3.16. The summed E-state index contributed by atoms with van der Waals surface area (Å²) in [6.07, 6.45) is 5.82. The molecule has 1 saturated carbocycles. The van der Waals surface area contributed by atoms with E-state index >= 15 is 0 Å². The fourth-order valence-electron chi connectivity index (χ4n) is 4.59. The van der Waals surface area contributed by atoms with E-state index in [9.17, 15) is 9.59 Å². The van der Waals surface area contributed by atoms with Gasteiger partial charge >= 0.3 is 0 Å². The van der Waals surface area contributed by atoms with Crippen molar-refractivity contribution < 1.29 is 9.59 Å². The molecule has 158 valence electrons. The molecule has 0 spiro atoms. The van der Waals surface area contributed by atoms with Crippen LogP contribution in [0.5, 0.6) is 0 Å². The molecule has 3 N–H and O–H groups in total. The van der Waals surface area contributed by atoms with Gasteiger partial charge in [0.25, 0.3) is 5.91 Å². The molecule has 8 nitrogen and oxygen atoms in total. The fraction of sp³-hybridized carbons (Fsp3) is 0.455. The average Bonchev–Trinajstić information content (AvgIpc) is 3.04. The third-order valence-corrected chi connectivity index (χ3v) is 6.39. The van der Waals surface area contributed by atoms with Gasteiger partial charge in [-0.3, -0.25) is 14.3 Å². The molecule has 2 aromatic rings. The van der Waals surface area contributed by atoms with Crippen LogP contribution in [0.25, 0.3) is 6.08 Å². The van der Waals surface area contributed by atoms with Gasteiger partial charge in [0, 0.05) is 44.6 Å². The maximum atomic E-state index is 12.9. The van der Waals surface area contributed by atoms with E-state index in [4.69, 9.17) is 5.73 Å². The van der Waals surface area contributed by atoms with E-state index in [1.165, 1.54) is 6.08 Å². The number of aromatic nitrogens is 3. The third kappa shape index (κ3) is 3.94. The standard InChI is InChI=1S/C22H28N6O2/c1-13-21(14(2)27(3)26-13)22(30)28-11-17-16(18(17)12-28)8-9-24-20(29)7-5-15-4-6-19(23)25-10-15/h4-7,10,16-18H,8-9,11-12H2,1-3H3,(H2,23,25)(H,24,29)/b7-5+. The molecule has 4 rings (SSSR count). The van der Waals surface area contributed by atoms with Gasteiger partial charge < -0.3 is 16.0 Å². The molecule has 0 radical (unpaired) electrons. The number of nitrogens with zero attached hydrogens (tertiary/aromatic N) is 4. The molecule has 30 heavy (non-hydrogen) atoms. The summed E-state index contributed by atoms with van der Waals surface area (Å²) in [5.74, 6) is 2.14. The van der Waals surface area contributed by atoms with Crippen LogP contribution in [0.15, 0.2) is 24.4 Å². The van der Waals surface area contributed by atoms with E-state index in [1.54, 1.807) is 23.0 Å². The van der Waals surface area contributed by atoms with Crippen molar-refractivity contribution in [2.75, 3.05) is 25.4 Å². The molecule has 1 saturated heterocycles. The van der Waals surface area contributed by atoms with E-state index in [1.807, 2.05) is 31.9 Å². The second-order valence-corrected chi connectivity index (χ2v) is 8.30. The Labute approximate surface area is 176 Å². The molecule has 2 amide bonds. The number of hydrogen-bond acceptors (Lipinski definition) is 5. The lowest BCUT2D eigenvalue weighted by Crippen LogP contribution is -2.32. The number of amides is 2. The maximum absolute atomic E-state index is 12.9. The van der Waals surface area contributed by atoms with Gasteiger partial charge in [0.2, 0.25) is 5.91 Å². The number of nitrogen functional groups attached to an aromatic ring is 1. The highest BCUT2D eigenvalue weighted by Gasteiger charge is 2.56. The number of hydrogen-bond donors (Lipinski definition) is 2. The van der Waals surface area contributed by atoms with Crippen molar-refractivity contribution in [1.82, 2.24) is 25.0 Å². The SMILES string of the molecule is Cc1nn(C)c(C)c1C(=O)N1CC2C(CCNC(=O)/C=C/c3ccc(N)nc3)C2C1. The quantitative estimate of drug-likeness (QED) is 0.706. The van der Waals surface area contributed by atoms with Crippen LogP contribution in [0.1, 0.15) is 33.7 Å². The molecule has 1 aliphatic carbocycles. The lowest BCUT2D eigenvalue weighted by Gasteiger charge is -2.20. The van der Waals surface area contributed by atoms with Crippen molar-refractivity contribution >= 4 is 23.7 Å². The highest BCUT2D eigenvalue weighted by Crippen LogP contribution is 2.53. The molecule has 3 heterocycles. The Morgan fingerprint density at radius 2 is 2.00 bits per heavy atom. The monoisotopic (exact) mass is 408 g/mol. The topological polar surface area (TPSA) is 106 Å². The summed E-state index contributed by atoms with van der Waals surface area (Å²) in [6, 6.07) is 3.52. The predicted octanol–water partition coefficient (Wildman–Crippen LogP) is 1.55. The molecule has 2 fully saturated rings. The van der Waals surface area contributed by atoms with Crippen LogP contribution < -0.4 is 11.1 Å². The predicted molar refractivity (Wildman–Crippen MR) is 114 cm³/mol. The first-order valence-corrected chi connectivity index (χ1v) is 10.3. The average molecular weight is 409 g/mol. The Bertz CT molecular complexity index is 982. The highest BCUT2D eigenvalue weighted by molar-refractivity contribution is 5.96. The number of nitrogens with two attached hydrogens (primary N) is 1. The maximum Gasteiger partial charge on any atom is 0.257 e. The number of rotatable bonds is 6. The second-order valence-electron chi connectivity index (χ2n) is 8.30. The molecule has 2 unspecified atom stereocenters. The van der Waals surface area contributed by atoms with Crippen molar-refractivity contribution in [2.45, 2.75) is 20.3 Å². The molecular formula is C22H28N6O2. The highest BCUT2D eigenvalue weighted by atomic mass is 16.2. The van der Waals surface area contributed by atoms with Gasteiger partial charge in [-0.05, 0) is 61.8 Å². The summed E-state index contributed by atoms with van der Waals surface area (Å²) in [6.45, 7) is 6.09. The summed E-state index contributed by atoms with van der Waals surface area (Å²) >= 11 is 0. The normalized spacial score (nSPS) is 22.4. The number of anilines is 1. The largest absolute Gasteiger partial charge is 0.384 e. The van der Waals surface area contributed by atoms with Crippen LogP contribution in [0.3, 0.4) is 0 Å². The first-order chi connectivity index (χ1) is 14.3. The summed E-state index contributed by atoms with van der Waals surface area (Å²) < 4.78 is 1.77. The van der Waals surface area contributed by atoms with Crippen molar-refractivity contribution in [3.8, 4) is 0 Å². The number of pyridine rings is 1. The van der Waals surface area contributed by atoms with E-state index < -0.39 is 0 Å². The molecule has 1 aliphatic heterocycles. The van der Waals surface area contributed by atoms with Crippen LogP contribution >= 0.6 is 0 Å². The molecule has 8 heteroatoms. The minimum atomic E-state index is -0.114. The molecule has 0 aromatic carbocycles. The summed E-state index contributed by atoms with van der Waals surface area (Å²) in [5.41, 5.74) is 8.84. The summed E-state index contributed by atoms with van der Waals surface area (Å²) in [4.78, 5) is 30.8. The lowest BCUT2D eigenvalue weighted by atomic mass is 10.1. The second kappa shape index (κ2) is 7.93. The zero-order valence-electron chi connectivity index (χ0n) is 17.6. The molecule has 2 aromatic heterocycles. The molecule has 2 aliphatic rings. The zero-order chi connectivity index (χ0) is 21.4. The fourth-order valence-corrected chi connectivity index (χ4v) is 4.59. The number of piperidine rings is 1. The Morgan fingerprint density at radius 3 is 2.60 bits per heavy atom. The van der Waals surface area contributed by atoms with Crippen LogP contribution in [-0.4, -0.2) is 51.1 Å². The summed E-state index contributed by atoms with van der Waals surface area (Å²) in [5, 5.41) is 7.30. The van der Waals surface area contributed by atoms with E-state index in [-0.39, 0.29) is 11.8 Å².